The molecule has 1 aromatic carbocycles. The van der Waals surface area contributed by atoms with E-state index in [-0.39, 0.29) is 11.5 Å². The quantitative estimate of drug-likeness (QED) is 0.911. The number of carbonyl (C=O) groups excluding carboxylic acids is 1. The molecule has 0 saturated heterocycles. The average molecular weight is 278 g/mol. The van der Waals surface area contributed by atoms with Crippen LogP contribution in [0.4, 0.5) is 4.79 Å². The highest BCUT2D eigenvalue weighted by Gasteiger charge is 2.15. The molecule has 0 fully saturated rings. The van der Waals surface area contributed by atoms with Crippen molar-refractivity contribution in [3.05, 3.63) is 29.3 Å². The Balaban J connectivity index is 2.69. The van der Waals surface area contributed by atoms with E-state index in [4.69, 9.17) is 11.6 Å². The molecule has 0 heterocycles. The van der Waals surface area contributed by atoms with Crippen molar-refractivity contribution in [3.63, 3.8) is 0 Å². The minimum Gasteiger partial charge on any atom is -0.450 e. The summed E-state index contributed by atoms with van der Waals surface area (Å²) in [6.07, 6.45) is -0.759. The Labute approximate surface area is 105 Å². The van der Waals surface area contributed by atoms with E-state index in [1.54, 1.807) is 6.92 Å². The van der Waals surface area contributed by atoms with Crippen molar-refractivity contribution < 1.29 is 17.9 Å². The van der Waals surface area contributed by atoms with Crippen molar-refractivity contribution >= 4 is 27.5 Å². The molecule has 0 saturated carbocycles. The van der Waals surface area contributed by atoms with E-state index < -0.39 is 21.8 Å². The maximum Gasteiger partial charge on any atom is 0.407 e. The molecule has 0 bridgehead atoms. The van der Waals surface area contributed by atoms with Gasteiger partial charge in [-0.25, -0.2) is 13.2 Å². The molecule has 0 unspecified atom stereocenters. The van der Waals surface area contributed by atoms with Crippen LogP contribution >= 0.6 is 11.6 Å². The number of ether oxygens (including phenoxy) is 1. The fourth-order valence-corrected chi connectivity index (χ4v) is 2.21. The number of amides is 1. The normalized spacial score (nSPS) is 10.9. The molecule has 5 nitrogen and oxygen atoms in total. The number of sulfone groups is 1. The van der Waals surface area contributed by atoms with Crippen LogP contribution in [0, 0.1) is 0 Å². The average Bonchev–Trinajstić information content (AvgIpc) is 2.28. The van der Waals surface area contributed by atoms with Crippen LogP contribution < -0.4 is 5.32 Å². The third-order valence-electron chi connectivity index (χ3n) is 1.85. The van der Waals surface area contributed by atoms with E-state index in [1.165, 1.54) is 24.3 Å². The molecule has 0 radical (unpaired) electrons. The van der Waals surface area contributed by atoms with Crippen LogP contribution in [0.5, 0.6) is 0 Å². The second-order valence-electron chi connectivity index (χ2n) is 3.11. The summed E-state index contributed by atoms with van der Waals surface area (Å²) in [4.78, 5) is 11.1. The van der Waals surface area contributed by atoms with Crippen LogP contribution in [-0.2, 0) is 14.6 Å². The van der Waals surface area contributed by atoms with Crippen LogP contribution in [0.15, 0.2) is 29.2 Å². The van der Waals surface area contributed by atoms with Crippen molar-refractivity contribution in [1.82, 2.24) is 5.32 Å². The molecule has 0 aliphatic rings. The molecule has 0 aliphatic carbocycles. The van der Waals surface area contributed by atoms with Crippen LogP contribution in [0.1, 0.15) is 6.92 Å². The number of benzene rings is 1. The lowest BCUT2D eigenvalue weighted by Crippen LogP contribution is -2.30. The van der Waals surface area contributed by atoms with Crippen molar-refractivity contribution in [2.75, 3.05) is 12.5 Å². The van der Waals surface area contributed by atoms with E-state index in [9.17, 15) is 13.2 Å². The molecule has 0 atom stereocenters. The van der Waals surface area contributed by atoms with E-state index in [0.717, 1.165) is 0 Å². The Kier molecular flexibility index (Phi) is 4.77. The van der Waals surface area contributed by atoms with Gasteiger partial charge in [0.15, 0.2) is 9.84 Å². The monoisotopic (exact) mass is 277 g/mol. The van der Waals surface area contributed by atoms with E-state index >= 15 is 0 Å². The molecule has 7 heteroatoms. The smallest absolute Gasteiger partial charge is 0.407 e. The van der Waals surface area contributed by atoms with Crippen LogP contribution in [0.2, 0.25) is 5.02 Å². The predicted molar refractivity (Wildman–Crippen MR) is 63.7 cm³/mol. The number of hydrogen-bond acceptors (Lipinski definition) is 4. The third-order valence-corrected chi connectivity index (χ3v) is 3.62. The molecule has 1 amide bonds. The van der Waals surface area contributed by atoms with Gasteiger partial charge in [0.25, 0.3) is 0 Å². The summed E-state index contributed by atoms with van der Waals surface area (Å²) in [6.45, 7) is 1.82. The summed E-state index contributed by atoms with van der Waals surface area (Å²) in [6, 6.07) is 5.70. The molecular formula is C10H12ClNO4S. The first-order valence-corrected chi connectivity index (χ1v) is 6.87. The third kappa shape index (κ3) is 4.24. The fraction of sp³-hybridized carbons (Fsp3) is 0.300. The van der Waals surface area contributed by atoms with Crippen LogP contribution in [0.3, 0.4) is 0 Å². The van der Waals surface area contributed by atoms with E-state index in [0.29, 0.717) is 5.02 Å². The fourth-order valence-electron chi connectivity index (χ4n) is 1.06. The zero-order valence-electron chi connectivity index (χ0n) is 9.14. The van der Waals surface area contributed by atoms with Gasteiger partial charge in [0, 0.05) is 5.02 Å². The first-order valence-electron chi connectivity index (χ1n) is 4.84. The molecular weight excluding hydrogens is 266 g/mol. The van der Waals surface area contributed by atoms with Crippen molar-refractivity contribution in [1.29, 1.82) is 0 Å². The lowest BCUT2D eigenvalue weighted by Gasteiger charge is -2.06. The standard InChI is InChI=1S/C10H12ClNO4S/c1-2-16-10(13)12-7-17(14,15)9-5-3-8(11)4-6-9/h3-6H,2,7H2,1H3,(H,12,13). The van der Waals surface area contributed by atoms with Gasteiger partial charge >= 0.3 is 6.09 Å². The maximum absolute atomic E-state index is 11.7. The Hall–Kier alpha value is -1.27. The number of halogens is 1. The number of nitrogens with one attached hydrogen (secondary N) is 1. The second kappa shape index (κ2) is 5.88. The number of rotatable bonds is 4. The Morgan fingerprint density at radius 1 is 1.35 bits per heavy atom. The summed E-state index contributed by atoms with van der Waals surface area (Å²) in [5, 5.41) is 2.60. The van der Waals surface area contributed by atoms with E-state index in [2.05, 4.69) is 10.1 Å². The molecule has 1 aromatic rings. The maximum atomic E-state index is 11.7. The van der Waals surface area contributed by atoms with Gasteiger partial charge < -0.3 is 10.1 Å². The SMILES string of the molecule is CCOC(=O)NCS(=O)(=O)c1ccc(Cl)cc1. The Bertz CT molecular complexity index is 484. The van der Waals surface area contributed by atoms with Crippen molar-refractivity contribution in [2.45, 2.75) is 11.8 Å². The van der Waals surface area contributed by atoms with Gasteiger partial charge in [-0.15, -0.1) is 0 Å². The number of alkyl carbamates (subject to hydrolysis) is 1. The van der Waals surface area contributed by atoms with Crippen LogP contribution in [-0.4, -0.2) is 27.0 Å². The van der Waals surface area contributed by atoms with Gasteiger partial charge in [-0.05, 0) is 31.2 Å². The molecule has 0 aromatic heterocycles. The zero-order valence-corrected chi connectivity index (χ0v) is 10.7. The minimum absolute atomic E-state index is 0.0960. The number of carbonyl (C=O) groups is 1. The molecule has 1 N–H and O–H groups in total. The second-order valence-corrected chi connectivity index (χ2v) is 5.54. The van der Waals surface area contributed by atoms with Gasteiger partial charge in [0.05, 0.1) is 11.5 Å². The Morgan fingerprint density at radius 2 is 1.94 bits per heavy atom. The zero-order chi connectivity index (χ0) is 12.9. The van der Waals surface area contributed by atoms with Crippen LogP contribution in [0.25, 0.3) is 0 Å². The summed E-state index contributed by atoms with van der Waals surface area (Å²) in [5.41, 5.74) is 0. The summed E-state index contributed by atoms with van der Waals surface area (Å²) in [5.74, 6) is -0.506. The molecule has 1 rings (SSSR count). The van der Waals surface area contributed by atoms with Crippen molar-refractivity contribution in [2.24, 2.45) is 0 Å². The van der Waals surface area contributed by atoms with Gasteiger partial charge in [0.1, 0.15) is 5.88 Å². The summed E-state index contributed by atoms with van der Waals surface area (Å²) < 4.78 is 28.0. The van der Waals surface area contributed by atoms with Gasteiger partial charge in [-0.2, -0.15) is 0 Å². The highest BCUT2D eigenvalue weighted by molar-refractivity contribution is 7.91. The lowest BCUT2D eigenvalue weighted by atomic mass is 10.4. The van der Waals surface area contributed by atoms with Gasteiger partial charge in [-0.1, -0.05) is 11.6 Å². The van der Waals surface area contributed by atoms with Crippen molar-refractivity contribution in [3.8, 4) is 0 Å². The summed E-state index contributed by atoms with van der Waals surface area (Å²) in [7, 11) is -3.56. The minimum atomic E-state index is -3.56. The molecule has 0 aliphatic heterocycles. The van der Waals surface area contributed by atoms with Gasteiger partial charge in [-0.3, -0.25) is 0 Å². The lowest BCUT2D eigenvalue weighted by molar-refractivity contribution is 0.154. The highest BCUT2D eigenvalue weighted by atomic mass is 35.5. The van der Waals surface area contributed by atoms with E-state index in [1.807, 2.05) is 0 Å². The largest absolute Gasteiger partial charge is 0.450 e. The molecule has 0 spiro atoms. The first kappa shape index (κ1) is 13.8. The highest BCUT2D eigenvalue weighted by Crippen LogP contribution is 2.14. The number of hydrogen-bond donors (Lipinski definition) is 1. The first-order chi connectivity index (χ1) is 7.95. The summed E-state index contributed by atoms with van der Waals surface area (Å²) >= 11 is 5.65. The molecule has 94 valence electrons. The topological polar surface area (TPSA) is 72.5 Å². The van der Waals surface area contributed by atoms with Gasteiger partial charge in [0.2, 0.25) is 0 Å². The predicted octanol–water partition coefficient (Wildman–Crippen LogP) is 1.82. The molecule has 17 heavy (non-hydrogen) atoms. The Morgan fingerprint density at radius 3 is 2.47 bits per heavy atom.